The summed E-state index contributed by atoms with van der Waals surface area (Å²) in [7, 11) is 0. The van der Waals surface area contributed by atoms with Crippen LogP contribution in [0.4, 0.5) is 0 Å². The fraction of sp³-hybridized carbons (Fsp3) is 0.200. The smallest absolute Gasteiger partial charge is 0.184 e. The molecule has 0 atom stereocenters. The highest BCUT2D eigenvalue weighted by Crippen LogP contribution is 2.13. The molecule has 0 heterocycles. The van der Waals surface area contributed by atoms with Crippen LogP contribution in [0.5, 0.6) is 11.5 Å². The van der Waals surface area contributed by atoms with Crippen LogP contribution in [0.2, 0.25) is 0 Å². The number of nitrogens with zero attached hydrogens (tertiary/aromatic N) is 2. The molecule has 0 radical (unpaired) electrons. The van der Waals surface area contributed by atoms with E-state index in [0.717, 1.165) is 35.5 Å². The summed E-state index contributed by atoms with van der Waals surface area (Å²) < 4.78 is 11.5. The maximum absolute atomic E-state index is 5.73. The molecule has 0 amide bonds. The van der Waals surface area contributed by atoms with Crippen LogP contribution in [0.15, 0.2) is 58.7 Å². The first kappa shape index (κ1) is 23.0. The molecule has 8 nitrogen and oxygen atoms in total. The standard InChI is InChI=1S/C20H24N6O2S2/c21-19(29)25-23-13-15-3-7-17(8-4-15)27-11-1-2-12-28-18-9-5-16(6-10-18)14-24-26-20(22)30/h3-10,13-14H,1-2,11-12H2,(H3,21,25,29)(H3,22,26,30)/b23-13-,24-14-. The molecule has 2 aromatic rings. The average molecular weight is 445 g/mol. The molecule has 2 aromatic carbocycles. The first-order valence-corrected chi connectivity index (χ1v) is 9.97. The molecule has 0 aliphatic rings. The van der Waals surface area contributed by atoms with Crippen LogP contribution in [0, 0.1) is 0 Å². The number of hydrazone groups is 2. The van der Waals surface area contributed by atoms with Gasteiger partial charge in [-0.2, -0.15) is 10.2 Å². The summed E-state index contributed by atoms with van der Waals surface area (Å²) in [5.41, 5.74) is 17.4. The van der Waals surface area contributed by atoms with E-state index in [-0.39, 0.29) is 10.2 Å². The van der Waals surface area contributed by atoms with Gasteiger partial charge < -0.3 is 20.9 Å². The van der Waals surface area contributed by atoms with E-state index in [2.05, 4.69) is 45.5 Å². The number of rotatable bonds is 11. The summed E-state index contributed by atoms with van der Waals surface area (Å²) in [5.74, 6) is 1.61. The molecule has 158 valence electrons. The zero-order chi connectivity index (χ0) is 21.6. The van der Waals surface area contributed by atoms with Crippen molar-refractivity contribution in [2.75, 3.05) is 13.2 Å². The fourth-order valence-corrected chi connectivity index (χ4v) is 2.33. The molecule has 0 aromatic heterocycles. The molecule has 0 spiro atoms. The number of thiocarbonyl (C=S) groups is 2. The molecule has 0 aliphatic carbocycles. The van der Waals surface area contributed by atoms with Gasteiger partial charge in [-0.3, -0.25) is 10.9 Å². The van der Waals surface area contributed by atoms with Crippen molar-refractivity contribution in [1.82, 2.24) is 10.9 Å². The summed E-state index contributed by atoms with van der Waals surface area (Å²) in [6.07, 6.45) is 5.03. The minimum absolute atomic E-state index is 0.128. The number of benzene rings is 2. The topological polar surface area (TPSA) is 119 Å². The molecule has 0 unspecified atom stereocenters. The van der Waals surface area contributed by atoms with Crippen molar-refractivity contribution in [3.05, 3.63) is 59.7 Å². The number of unbranched alkanes of at least 4 members (excludes halogenated alkanes) is 1. The van der Waals surface area contributed by atoms with Gasteiger partial charge in [0, 0.05) is 0 Å². The molecular formula is C20H24N6O2S2. The first-order valence-electron chi connectivity index (χ1n) is 9.15. The number of ether oxygens (including phenoxy) is 2. The number of nitrogens with one attached hydrogen (secondary N) is 2. The Morgan fingerprint density at radius 2 is 1.10 bits per heavy atom. The first-order chi connectivity index (χ1) is 14.5. The van der Waals surface area contributed by atoms with Gasteiger partial charge in [-0.05, 0) is 96.9 Å². The number of hydrogen-bond donors (Lipinski definition) is 4. The lowest BCUT2D eigenvalue weighted by atomic mass is 10.2. The molecule has 0 fully saturated rings. The van der Waals surface area contributed by atoms with Crippen molar-refractivity contribution in [2.24, 2.45) is 21.7 Å². The van der Waals surface area contributed by atoms with Crippen LogP contribution in [0.25, 0.3) is 0 Å². The summed E-state index contributed by atoms with van der Waals surface area (Å²) in [6.45, 7) is 1.23. The predicted molar refractivity (Wildman–Crippen MR) is 128 cm³/mol. The van der Waals surface area contributed by atoms with E-state index in [1.807, 2.05) is 48.5 Å². The Balaban J connectivity index is 1.60. The van der Waals surface area contributed by atoms with Crippen LogP contribution < -0.4 is 31.8 Å². The number of nitrogens with two attached hydrogens (primary N) is 2. The Morgan fingerprint density at radius 3 is 1.43 bits per heavy atom. The highest BCUT2D eigenvalue weighted by atomic mass is 32.1. The lowest BCUT2D eigenvalue weighted by Crippen LogP contribution is -2.23. The Labute approximate surface area is 186 Å². The summed E-state index contributed by atoms with van der Waals surface area (Å²) in [4.78, 5) is 0. The molecule has 10 heteroatoms. The normalized spacial score (nSPS) is 10.8. The monoisotopic (exact) mass is 444 g/mol. The second-order valence-electron chi connectivity index (χ2n) is 6.01. The lowest BCUT2D eigenvalue weighted by molar-refractivity contribution is 0.266. The van der Waals surface area contributed by atoms with Gasteiger partial charge in [0.2, 0.25) is 0 Å². The maximum atomic E-state index is 5.73. The molecule has 0 aliphatic heterocycles. The van der Waals surface area contributed by atoms with Crippen molar-refractivity contribution in [3.8, 4) is 11.5 Å². The lowest BCUT2D eigenvalue weighted by Gasteiger charge is -2.08. The highest BCUT2D eigenvalue weighted by molar-refractivity contribution is 7.80. The van der Waals surface area contributed by atoms with Crippen molar-refractivity contribution in [2.45, 2.75) is 12.8 Å². The van der Waals surface area contributed by atoms with Crippen LogP contribution in [-0.4, -0.2) is 35.9 Å². The van der Waals surface area contributed by atoms with Crippen molar-refractivity contribution < 1.29 is 9.47 Å². The third-order valence-corrected chi connectivity index (χ3v) is 3.80. The Bertz CT molecular complexity index is 796. The zero-order valence-corrected chi connectivity index (χ0v) is 17.9. The van der Waals surface area contributed by atoms with Crippen molar-refractivity contribution in [1.29, 1.82) is 0 Å². The molecular weight excluding hydrogens is 420 g/mol. The summed E-state index contributed by atoms with van der Waals surface area (Å²) in [5, 5.41) is 8.06. The van der Waals surface area contributed by atoms with Gasteiger partial charge in [0.15, 0.2) is 10.2 Å². The van der Waals surface area contributed by atoms with Crippen LogP contribution >= 0.6 is 24.4 Å². The average Bonchev–Trinajstić information content (AvgIpc) is 2.72. The largest absolute Gasteiger partial charge is 0.494 e. The molecule has 0 saturated carbocycles. The maximum Gasteiger partial charge on any atom is 0.184 e. The molecule has 2 rings (SSSR count). The van der Waals surface area contributed by atoms with E-state index >= 15 is 0 Å². The number of hydrogen-bond acceptors (Lipinski definition) is 6. The third-order valence-electron chi connectivity index (χ3n) is 3.61. The van der Waals surface area contributed by atoms with Gasteiger partial charge in [-0.1, -0.05) is 0 Å². The molecule has 30 heavy (non-hydrogen) atoms. The second-order valence-corrected chi connectivity index (χ2v) is 6.89. The van der Waals surface area contributed by atoms with E-state index in [4.69, 9.17) is 20.9 Å². The Morgan fingerprint density at radius 1 is 0.733 bits per heavy atom. The van der Waals surface area contributed by atoms with Crippen molar-refractivity contribution in [3.63, 3.8) is 0 Å². The molecule has 0 saturated heterocycles. The SMILES string of the molecule is NC(=S)N/N=C\c1ccc(OCCCCOc2ccc(/C=N\NC(N)=S)cc2)cc1. The van der Waals surface area contributed by atoms with E-state index in [9.17, 15) is 0 Å². The van der Waals surface area contributed by atoms with E-state index in [1.54, 1.807) is 12.4 Å². The highest BCUT2D eigenvalue weighted by Gasteiger charge is 1.97. The molecule has 6 N–H and O–H groups in total. The van der Waals surface area contributed by atoms with E-state index in [0.29, 0.717) is 13.2 Å². The zero-order valence-electron chi connectivity index (χ0n) is 16.3. The van der Waals surface area contributed by atoms with Gasteiger partial charge >= 0.3 is 0 Å². The fourth-order valence-electron chi connectivity index (χ4n) is 2.23. The van der Waals surface area contributed by atoms with Gasteiger partial charge in [0.05, 0.1) is 25.6 Å². The quantitative estimate of drug-likeness (QED) is 0.180. The summed E-state index contributed by atoms with van der Waals surface area (Å²) in [6, 6.07) is 15.2. The second kappa shape index (κ2) is 13.1. The predicted octanol–water partition coefficient (Wildman–Crippen LogP) is 2.26. The minimum atomic E-state index is 0.128. The van der Waals surface area contributed by atoms with Gasteiger partial charge in [-0.25, -0.2) is 0 Å². The van der Waals surface area contributed by atoms with Gasteiger partial charge in [0.1, 0.15) is 11.5 Å². The van der Waals surface area contributed by atoms with Crippen molar-refractivity contribution >= 4 is 47.1 Å². The summed E-state index contributed by atoms with van der Waals surface area (Å²) >= 11 is 9.35. The van der Waals surface area contributed by atoms with Crippen LogP contribution in [0.3, 0.4) is 0 Å². The van der Waals surface area contributed by atoms with E-state index < -0.39 is 0 Å². The Hall–Kier alpha value is -3.24. The van der Waals surface area contributed by atoms with Gasteiger partial charge in [-0.15, -0.1) is 0 Å². The van der Waals surface area contributed by atoms with Crippen LogP contribution in [0.1, 0.15) is 24.0 Å². The minimum Gasteiger partial charge on any atom is -0.494 e. The van der Waals surface area contributed by atoms with Gasteiger partial charge in [0.25, 0.3) is 0 Å². The Kier molecular flexibility index (Phi) is 10.0. The van der Waals surface area contributed by atoms with Crippen LogP contribution in [-0.2, 0) is 0 Å². The molecule has 0 bridgehead atoms. The van der Waals surface area contributed by atoms with E-state index in [1.165, 1.54) is 0 Å². The third kappa shape index (κ3) is 9.80.